The van der Waals surface area contributed by atoms with Crippen LogP contribution in [0.4, 0.5) is 5.69 Å². The van der Waals surface area contributed by atoms with Crippen molar-refractivity contribution >= 4 is 5.69 Å². The lowest BCUT2D eigenvalue weighted by Gasteiger charge is -2.35. The molecule has 1 aromatic rings. The van der Waals surface area contributed by atoms with Gasteiger partial charge in [-0.1, -0.05) is 6.07 Å². The summed E-state index contributed by atoms with van der Waals surface area (Å²) in [6.45, 7) is 7.17. The first kappa shape index (κ1) is 13.4. The van der Waals surface area contributed by atoms with E-state index < -0.39 is 0 Å². The van der Waals surface area contributed by atoms with Crippen LogP contribution in [-0.2, 0) is 0 Å². The number of benzene rings is 1. The fourth-order valence-electron chi connectivity index (χ4n) is 2.92. The predicted octanol–water partition coefficient (Wildman–Crippen LogP) is 1.77. The summed E-state index contributed by atoms with van der Waals surface area (Å²) >= 11 is 0. The van der Waals surface area contributed by atoms with Gasteiger partial charge < -0.3 is 15.5 Å². The molecule has 0 bridgehead atoms. The lowest BCUT2D eigenvalue weighted by atomic mass is 9.97. The lowest BCUT2D eigenvalue weighted by Crippen LogP contribution is -2.52. The van der Waals surface area contributed by atoms with E-state index in [1.54, 1.807) is 0 Å². The van der Waals surface area contributed by atoms with E-state index in [2.05, 4.69) is 55.9 Å². The van der Waals surface area contributed by atoms with Crippen LogP contribution in [0.15, 0.2) is 18.2 Å². The maximum Gasteiger partial charge on any atom is 0.0518 e. The molecule has 1 fully saturated rings. The van der Waals surface area contributed by atoms with Gasteiger partial charge in [-0.05, 0) is 57.6 Å². The zero-order chi connectivity index (χ0) is 13.3. The summed E-state index contributed by atoms with van der Waals surface area (Å²) in [5, 5.41) is 0. The Kier molecular flexibility index (Phi) is 3.64. The average Bonchev–Trinajstić information content (AvgIpc) is 2.73. The van der Waals surface area contributed by atoms with Crippen LogP contribution in [0.25, 0.3) is 0 Å². The van der Waals surface area contributed by atoms with Crippen molar-refractivity contribution < 1.29 is 0 Å². The van der Waals surface area contributed by atoms with Crippen molar-refractivity contribution in [2.45, 2.75) is 25.8 Å². The Morgan fingerprint density at radius 2 is 1.83 bits per heavy atom. The van der Waals surface area contributed by atoms with Gasteiger partial charge in [0.2, 0.25) is 0 Å². The van der Waals surface area contributed by atoms with Gasteiger partial charge in [0.25, 0.3) is 0 Å². The Hall–Kier alpha value is -1.06. The molecule has 3 heteroatoms. The number of hydrogen-bond acceptors (Lipinski definition) is 3. The summed E-state index contributed by atoms with van der Waals surface area (Å²) in [5.41, 5.74) is 10.1. The number of anilines is 1. The van der Waals surface area contributed by atoms with Crippen molar-refractivity contribution in [3.05, 3.63) is 29.3 Å². The minimum absolute atomic E-state index is 0.137. The van der Waals surface area contributed by atoms with E-state index in [1.165, 1.54) is 16.8 Å². The minimum atomic E-state index is 0.137. The third kappa shape index (κ3) is 2.38. The fourth-order valence-corrected chi connectivity index (χ4v) is 2.92. The molecule has 18 heavy (non-hydrogen) atoms. The molecule has 0 amide bonds. The molecule has 1 aliphatic heterocycles. The van der Waals surface area contributed by atoms with Crippen LogP contribution in [0.2, 0.25) is 0 Å². The Labute approximate surface area is 111 Å². The second-order valence-electron chi connectivity index (χ2n) is 5.84. The largest absolute Gasteiger partial charge is 0.370 e. The van der Waals surface area contributed by atoms with Gasteiger partial charge in [0.05, 0.1) is 5.54 Å². The minimum Gasteiger partial charge on any atom is -0.370 e. The number of nitrogens with zero attached hydrogens (tertiary/aromatic N) is 2. The Balaban J connectivity index is 2.22. The number of rotatable bonds is 3. The summed E-state index contributed by atoms with van der Waals surface area (Å²) in [5.74, 6) is 0. The fraction of sp³-hybridized carbons (Fsp3) is 0.600. The molecular formula is C15H25N3. The Morgan fingerprint density at radius 1 is 1.22 bits per heavy atom. The van der Waals surface area contributed by atoms with Crippen LogP contribution in [0.5, 0.6) is 0 Å². The molecule has 0 spiro atoms. The highest BCUT2D eigenvalue weighted by molar-refractivity contribution is 5.52. The van der Waals surface area contributed by atoms with Crippen LogP contribution in [0.1, 0.15) is 17.5 Å². The first-order chi connectivity index (χ1) is 8.47. The Morgan fingerprint density at radius 3 is 2.28 bits per heavy atom. The molecule has 1 aromatic carbocycles. The summed E-state index contributed by atoms with van der Waals surface area (Å²) in [6.07, 6.45) is 1.14. The maximum atomic E-state index is 6.00. The van der Waals surface area contributed by atoms with Gasteiger partial charge in [0.15, 0.2) is 0 Å². The molecule has 0 saturated carbocycles. The lowest BCUT2D eigenvalue weighted by molar-refractivity contribution is 0.184. The molecule has 1 aliphatic rings. The van der Waals surface area contributed by atoms with Gasteiger partial charge in [-0.15, -0.1) is 0 Å². The monoisotopic (exact) mass is 247 g/mol. The van der Waals surface area contributed by atoms with E-state index >= 15 is 0 Å². The molecule has 1 atom stereocenters. The third-order valence-electron chi connectivity index (χ3n) is 4.23. The van der Waals surface area contributed by atoms with Gasteiger partial charge in [0.1, 0.15) is 0 Å². The summed E-state index contributed by atoms with van der Waals surface area (Å²) in [4.78, 5) is 4.75. The van der Waals surface area contributed by atoms with E-state index in [-0.39, 0.29) is 5.54 Å². The van der Waals surface area contributed by atoms with Gasteiger partial charge >= 0.3 is 0 Å². The van der Waals surface area contributed by atoms with E-state index in [0.29, 0.717) is 0 Å². The van der Waals surface area contributed by atoms with Crippen LogP contribution in [0, 0.1) is 13.8 Å². The van der Waals surface area contributed by atoms with Crippen LogP contribution in [0.3, 0.4) is 0 Å². The molecule has 1 heterocycles. The zero-order valence-electron chi connectivity index (χ0n) is 12.0. The summed E-state index contributed by atoms with van der Waals surface area (Å²) < 4.78 is 0. The smallest absolute Gasteiger partial charge is 0.0518 e. The van der Waals surface area contributed by atoms with Crippen LogP contribution in [-0.4, -0.2) is 44.2 Å². The van der Waals surface area contributed by atoms with Gasteiger partial charge in [-0.3, -0.25) is 0 Å². The number of aryl methyl sites for hydroxylation is 2. The summed E-state index contributed by atoms with van der Waals surface area (Å²) in [7, 11) is 4.27. The third-order valence-corrected chi connectivity index (χ3v) is 4.23. The molecule has 0 radical (unpaired) electrons. The molecule has 100 valence electrons. The highest BCUT2D eigenvalue weighted by Crippen LogP contribution is 2.30. The highest BCUT2D eigenvalue weighted by atomic mass is 15.3. The molecule has 3 nitrogen and oxygen atoms in total. The van der Waals surface area contributed by atoms with E-state index in [0.717, 1.165) is 26.1 Å². The molecule has 0 aliphatic carbocycles. The SMILES string of the molecule is Cc1cc(C)cc(N2CCC(CN)(N(C)C)C2)c1. The van der Waals surface area contributed by atoms with Gasteiger partial charge in [0, 0.05) is 25.3 Å². The van der Waals surface area contributed by atoms with Crippen molar-refractivity contribution in [3.8, 4) is 0 Å². The van der Waals surface area contributed by atoms with Crippen molar-refractivity contribution in [1.29, 1.82) is 0 Å². The topological polar surface area (TPSA) is 32.5 Å². The highest BCUT2D eigenvalue weighted by Gasteiger charge is 2.38. The molecule has 0 aromatic heterocycles. The van der Waals surface area contributed by atoms with Crippen LogP contribution < -0.4 is 10.6 Å². The molecular weight excluding hydrogens is 222 g/mol. The summed E-state index contributed by atoms with van der Waals surface area (Å²) in [6, 6.07) is 6.77. The first-order valence-corrected chi connectivity index (χ1v) is 6.68. The zero-order valence-corrected chi connectivity index (χ0v) is 12.0. The van der Waals surface area contributed by atoms with Crippen molar-refractivity contribution in [3.63, 3.8) is 0 Å². The Bertz CT molecular complexity index is 407. The normalized spacial score (nSPS) is 24.0. The van der Waals surface area contributed by atoms with Gasteiger partial charge in [-0.2, -0.15) is 0 Å². The van der Waals surface area contributed by atoms with E-state index in [4.69, 9.17) is 5.73 Å². The van der Waals surface area contributed by atoms with Crippen molar-refractivity contribution in [2.75, 3.05) is 38.6 Å². The van der Waals surface area contributed by atoms with Crippen molar-refractivity contribution in [2.24, 2.45) is 5.73 Å². The predicted molar refractivity (Wildman–Crippen MR) is 78.2 cm³/mol. The molecule has 2 rings (SSSR count). The van der Waals surface area contributed by atoms with Crippen molar-refractivity contribution in [1.82, 2.24) is 4.90 Å². The number of hydrogen-bond donors (Lipinski definition) is 1. The number of nitrogens with two attached hydrogens (primary N) is 1. The van der Waals surface area contributed by atoms with E-state index in [1.807, 2.05) is 0 Å². The second-order valence-corrected chi connectivity index (χ2v) is 5.84. The average molecular weight is 247 g/mol. The van der Waals surface area contributed by atoms with Gasteiger partial charge in [-0.25, -0.2) is 0 Å². The van der Waals surface area contributed by atoms with E-state index in [9.17, 15) is 0 Å². The number of likely N-dealkylation sites (N-methyl/N-ethyl adjacent to an activating group) is 1. The maximum absolute atomic E-state index is 6.00. The standard InChI is InChI=1S/C15H25N3/c1-12-7-13(2)9-14(8-12)18-6-5-15(10-16,11-18)17(3)4/h7-9H,5-6,10-11,16H2,1-4H3. The molecule has 1 unspecified atom stereocenters. The molecule has 2 N–H and O–H groups in total. The first-order valence-electron chi connectivity index (χ1n) is 6.68. The second kappa shape index (κ2) is 4.90. The quantitative estimate of drug-likeness (QED) is 0.883. The van der Waals surface area contributed by atoms with Crippen LogP contribution >= 0.6 is 0 Å². The molecule has 1 saturated heterocycles.